The van der Waals surface area contributed by atoms with E-state index in [-0.39, 0.29) is 17.0 Å². The molecule has 0 aliphatic heterocycles. The van der Waals surface area contributed by atoms with E-state index in [1.54, 1.807) is 23.7 Å². The number of nitrogens with one attached hydrogen (secondary N) is 2. The summed E-state index contributed by atoms with van der Waals surface area (Å²) >= 11 is 0. The van der Waals surface area contributed by atoms with Gasteiger partial charge in [-0.2, -0.15) is 10.1 Å². The molecule has 164 valence electrons. The summed E-state index contributed by atoms with van der Waals surface area (Å²) in [6.45, 7) is 0.327. The van der Waals surface area contributed by atoms with Crippen LogP contribution in [0.25, 0.3) is 21.9 Å². The lowest BCUT2D eigenvalue weighted by molar-refractivity contribution is 0.628. The fourth-order valence-corrected chi connectivity index (χ4v) is 3.79. The molecule has 0 bridgehead atoms. The van der Waals surface area contributed by atoms with Gasteiger partial charge in [-0.3, -0.25) is 18.9 Å². The summed E-state index contributed by atoms with van der Waals surface area (Å²) in [5.41, 5.74) is 3.94. The summed E-state index contributed by atoms with van der Waals surface area (Å²) in [6.07, 6.45) is 1.52. The maximum absolute atomic E-state index is 13.1. The molecule has 2 N–H and O–H groups in total. The largest absolute Gasteiger partial charge is 0.329 e. The molecule has 0 amide bonds. The van der Waals surface area contributed by atoms with Crippen molar-refractivity contribution in [3.05, 3.63) is 105 Å². The Bertz CT molecular complexity index is 1620. The first-order valence-corrected chi connectivity index (χ1v) is 10.2. The summed E-state index contributed by atoms with van der Waals surface area (Å²) < 4.78 is 16.1. The average molecular weight is 442 g/mol. The molecule has 0 radical (unpaired) electrons. The van der Waals surface area contributed by atoms with Gasteiger partial charge in [0.25, 0.3) is 5.56 Å². The van der Waals surface area contributed by atoms with E-state index in [4.69, 9.17) is 0 Å². The summed E-state index contributed by atoms with van der Waals surface area (Å²) in [5.74, 6) is -0.0415. The second-order valence-electron chi connectivity index (χ2n) is 7.57. The van der Waals surface area contributed by atoms with Crippen LogP contribution in [0.2, 0.25) is 0 Å². The van der Waals surface area contributed by atoms with Crippen LogP contribution >= 0.6 is 0 Å². The van der Waals surface area contributed by atoms with Crippen molar-refractivity contribution >= 4 is 34.1 Å². The highest BCUT2D eigenvalue weighted by Gasteiger charge is 2.18. The van der Waals surface area contributed by atoms with Gasteiger partial charge in [-0.05, 0) is 34.0 Å². The summed E-state index contributed by atoms with van der Waals surface area (Å²) in [4.78, 5) is 31.7. The average Bonchev–Trinajstić information content (AvgIpc) is 3.18. The Kier molecular flexibility index (Phi) is 5.06. The number of hydrogen-bond acceptors (Lipinski definition) is 5. The summed E-state index contributed by atoms with van der Waals surface area (Å²) in [5, 5.41) is 6.32. The van der Waals surface area contributed by atoms with E-state index in [0.29, 0.717) is 18.1 Å². The van der Waals surface area contributed by atoms with Crippen LogP contribution in [-0.2, 0) is 13.6 Å². The van der Waals surface area contributed by atoms with E-state index in [1.807, 2.05) is 42.5 Å². The predicted molar refractivity (Wildman–Crippen MR) is 126 cm³/mol. The van der Waals surface area contributed by atoms with E-state index < -0.39 is 11.2 Å². The van der Waals surface area contributed by atoms with Crippen LogP contribution in [0.15, 0.2) is 81.4 Å². The van der Waals surface area contributed by atoms with Crippen molar-refractivity contribution in [2.24, 2.45) is 12.1 Å². The molecule has 0 aliphatic rings. The number of rotatable bonds is 5. The zero-order valence-corrected chi connectivity index (χ0v) is 17.6. The molecule has 5 aromatic rings. The van der Waals surface area contributed by atoms with Gasteiger partial charge in [0.1, 0.15) is 5.82 Å². The number of halogens is 1. The van der Waals surface area contributed by atoms with Gasteiger partial charge in [0.15, 0.2) is 11.2 Å². The zero-order chi connectivity index (χ0) is 22.9. The Hall–Kier alpha value is -4.53. The second kappa shape index (κ2) is 8.19. The van der Waals surface area contributed by atoms with Gasteiger partial charge in [0.2, 0.25) is 5.95 Å². The van der Waals surface area contributed by atoms with Gasteiger partial charge in [-0.25, -0.2) is 14.6 Å². The monoisotopic (exact) mass is 442 g/mol. The van der Waals surface area contributed by atoms with E-state index in [9.17, 15) is 14.0 Å². The lowest BCUT2D eigenvalue weighted by Crippen LogP contribution is -2.29. The number of hydrogen-bond donors (Lipinski definition) is 2. The highest BCUT2D eigenvalue weighted by molar-refractivity contribution is 5.86. The van der Waals surface area contributed by atoms with Gasteiger partial charge >= 0.3 is 5.69 Å². The van der Waals surface area contributed by atoms with Crippen molar-refractivity contribution in [1.29, 1.82) is 0 Å². The van der Waals surface area contributed by atoms with Crippen LogP contribution in [0.4, 0.5) is 10.3 Å². The predicted octanol–water partition coefficient (Wildman–Crippen LogP) is 3.21. The quantitative estimate of drug-likeness (QED) is 0.323. The topological polar surface area (TPSA) is 97.1 Å². The number of benzene rings is 3. The van der Waals surface area contributed by atoms with Crippen molar-refractivity contribution < 1.29 is 4.39 Å². The van der Waals surface area contributed by atoms with Crippen molar-refractivity contribution in [3.63, 3.8) is 0 Å². The second-order valence-corrected chi connectivity index (χ2v) is 7.57. The first-order chi connectivity index (χ1) is 16.0. The van der Waals surface area contributed by atoms with Crippen LogP contribution in [0.1, 0.15) is 11.1 Å². The lowest BCUT2D eigenvalue weighted by Gasteiger charge is -2.11. The highest BCUT2D eigenvalue weighted by Crippen LogP contribution is 2.23. The Labute approximate surface area is 186 Å². The molecule has 0 atom stereocenters. The highest BCUT2D eigenvalue weighted by atomic mass is 19.1. The zero-order valence-electron chi connectivity index (χ0n) is 17.6. The van der Waals surface area contributed by atoms with E-state index in [2.05, 4.69) is 20.5 Å². The fraction of sp³-hybridized carbons (Fsp3) is 0.0833. The Morgan fingerprint density at radius 2 is 1.82 bits per heavy atom. The van der Waals surface area contributed by atoms with Crippen LogP contribution in [0.3, 0.4) is 0 Å². The minimum atomic E-state index is -0.552. The molecule has 9 heteroatoms. The van der Waals surface area contributed by atoms with Crippen LogP contribution in [-0.4, -0.2) is 25.3 Å². The number of aromatic nitrogens is 4. The van der Waals surface area contributed by atoms with Crippen molar-refractivity contribution in [3.8, 4) is 0 Å². The van der Waals surface area contributed by atoms with E-state index in [1.165, 1.54) is 22.9 Å². The SMILES string of the molecule is Cn1c(=O)[nH]c(=O)c2c1nc(N/N=C\c1ccc(F)cc1)n2Cc1cccc2ccccc12. The Morgan fingerprint density at radius 1 is 1.06 bits per heavy atom. The maximum Gasteiger partial charge on any atom is 0.329 e. The van der Waals surface area contributed by atoms with E-state index >= 15 is 0 Å². The number of hydrazone groups is 1. The molecule has 5 rings (SSSR count). The fourth-order valence-electron chi connectivity index (χ4n) is 3.79. The number of aromatic amines is 1. The maximum atomic E-state index is 13.1. The molecule has 33 heavy (non-hydrogen) atoms. The molecule has 0 unspecified atom stereocenters. The van der Waals surface area contributed by atoms with Crippen LogP contribution in [0.5, 0.6) is 0 Å². The van der Waals surface area contributed by atoms with Gasteiger partial charge in [-0.15, -0.1) is 0 Å². The molecule has 2 aromatic heterocycles. The lowest BCUT2D eigenvalue weighted by atomic mass is 10.0. The third-order valence-electron chi connectivity index (χ3n) is 5.46. The van der Waals surface area contributed by atoms with Crippen molar-refractivity contribution in [1.82, 2.24) is 19.1 Å². The molecular formula is C24H19FN6O2. The number of imidazole rings is 1. The Balaban J connectivity index is 1.62. The molecule has 0 fully saturated rings. The molecule has 0 aliphatic carbocycles. The first-order valence-electron chi connectivity index (χ1n) is 10.2. The molecular weight excluding hydrogens is 423 g/mol. The van der Waals surface area contributed by atoms with Gasteiger partial charge < -0.3 is 0 Å². The number of nitrogens with zero attached hydrogens (tertiary/aromatic N) is 4. The Morgan fingerprint density at radius 3 is 2.64 bits per heavy atom. The summed E-state index contributed by atoms with van der Waals surface area (Å²) in [7, 11) is 1.54. The number of fused-ring (bicyclic) bond motifs is 2. The molecule has 0 saturated carbocycles. The standard InChI is InChI=1S/C24H19FN6O2/c1-30-21-20(22(32)28-24(30)33)31(14-17-7-4-6-16-5-2-3-8-19(16)17)23(27-21)29-26-13-15-9-11-18(25)12-10-15/h2-13H,14H2,1H3,(H,27,29)(H,28,32,33)/b26-13-. The number of H-pyrrole nitrogens is 1. The van der Waals surface area contributed by atoms with E-state index in [0.717, 1.165) is 16.3 Å². The van der Waals surface area contributed by atoms with Gasteiger partial charge in [-0.1, -0.05) is 54.6 Å². The molecule has 2 heterocycles. The molecule has 0 saturated heterocycles. The smallest absolute Gasteiger partial charge is 0.298 e. The van der Waals surface area contributed by atoms with Crippen LogP contribution in [0, 0.1) is 5.82 Å². The third kappa shape index (κ3) is 3.80. The minimum absolute atomic E-state index is 0.239. The minimum Gasteiger partial charge on any atom is -0.298 e. The number of anilines is 1. The van der Waals surface area contributed by atoms with Crippen molar-refractivity contribution in [2.45, 2.75) is 6.54 Å². The number of aryl methyl sites for hydroxylation is 1. The molecule has 3 aromatic carbocycles. The third-order valence-corrected chi connectivity index (χ3v) is 5.46. The first kappa shape index (κ1) is 20.4. The molecule has 0 spiro atoms. The van der Waals surface area contributed by atoms with Crippen LogP contribution < -0.4 is 16.7 Å². The summed E-state index contributed by atoms with van der Waals surface area (Å²) in [6, 6.07) is 19.8. The van der Waals surface area contributed by atoms with Gasteiger partial charge in [0, 0.05) is 7.05 Å². The normalized spacial score (nSPS) is 11.6. The van der Waals surface area contributed by atoms with Crippen molar-refractivity contribution in [2.75, 3.05) is 5.43 Å². The molecule has 8 nitrogen and oxygen atoms in total. The van der Waals surface area contributed by atoms with Gasteiger partial charge in [0.05, 0.1) is 12.8 Å².